The molecule has 144 valence electrons. The highest BCUT2D eigenvalue weighted by molar-refractivity contribution is 5.77. The van der Waals surface area contributed by atoms with Crippen molar-refractivity contribution in [3.8, 4) is 17.5 Å². The van der Waals surface area contributed by atoms with Gasteiger partial charge in [0.15, 0.2) is 6.61 Å². The zero-order chi connectivity index (χ0) is 19.1. The van der Waals surface area contributed by atoms with E-state index in [4.69, 9.17) is 14.2 Å². The third-order valence-corrected chi connectivity index (χ3v) is 4.31. The predicted molar refractivity (Wildman–Crippen MR) is 95.3 cm³/mol. The van der Waals surface area contributed by atoms with Crippen LogP contribution in [0.25, 0.3) is 0 Å². The molecule has 1 aromatic carbocycles. The molecule has 1 aliphatic rings. The first-order valence-electron chi connectivity index (χ1n) is 8.83. The molecule has 0 spiro atoms. The molecule has 0 radical (unpaired) electrons. The fourth-order valence-electron chi connectivity index (χ4n) is 2.93. The van der Waals surface area contributed by atoms with E-state index in [1.807, 2.05) is 0 Å². The lowest BCUT2D eigenvalue weighted by Gasteiger charge is -2.29. The number of rotatable bonds is 7. The maximum absolute atomic E-state index is 12.8. The maximum atomic E-state index is 12.8. The first-order chi connectivity index (χ1) is 13.1. The topological polar surface area (TPSA) is 82.6 Å². The van der Waals surface area contributed by atoms with Crippen LogP contribution in [0.4, 0.5) is 4.39 Å². The summed E-state index contributed by atoms with van der Waals surface area (Å²) in [5.41, 5.74) is 0. The molecule has 8 heteroatoms. The van der Waals surface area contributed by atoms with Crippen LogP contribution in [0.5, 0.6) is 17.5 Å². The van der Waals surface area contributed by atoms with Gasteiger partial charge in [0.1, 0.15) is 17.7 Å². The third kappa shape index (κ3) is 5.80. The molecule has 1 aliphatic carbocycles. The number of amides is 1. The number of methoxy groups -OCH3 is 1. The van der Waals surface area contributed by atoms with E-state index < -0.39 is 0 Å². The van der Waals surface area contributed by atoms with Crippen LogP contribution >= 0.6 is 0 Å². The van der Waals surface area contributed by atoms with Crippen molar-refractivity contribution in [1.29, 1.82) is 0 Å². The fourth-order valence-corrected chi connectivity index (χ4v) is 2.93. The van der Waals surface area contributed by atoms with E-state index in [-0.39, 0.29) is 30.5 Å². The number of carbonyl (C=O) groups is 1. The van der Waals surface area contributed by atoms with Crippen LogP contribution in [0, 0.1) is 5.82 Å². The van der Waals surface area contributed by atoms with E-state index in [1.54, 1.807) is 6.20 Å². The maximum Gasteiger partial charge on any atom is 0.258 e. The van der Waals surface area contributed by atoms with Crippen molar-refractivity contribution >= 4 is 5.91 Å². The highest BCUT2D eigenvalue weighted by atomic mass is 19.1. The van der Waals surface area contributed by atoms with Gasteiger partial charge in [0, 0.05) is 6.04 Å². The molecular formula is C19H22FN3O4. The lowest BCUT2D eigenvalue weighted by atomic mass is 9.93. The summed E-state index contributed by atoms with van der Waals surface area (Å²) in [6, 6.07) is 5.66. The number of hydrogen-bond acceptors (Lipinski definition) is 6. The SMILES string of the molecule is COc1cncc(OC2CCC(NC(=O)COc3ccc(F)cc3)CC2)n1. The van der Waals surface area contributed by atoms with Crippen LogP contribution in [0.2, 0.25) is 0 Å². The summed E-state index contributed by atoms with van der Waals surface area (Å²) in [6.07, 6.45) is 6.35. The van der Waals surface area contributed by atoms with E-state index in [0.717, 1.165) is 25.7 Å². The zero-order valence-electron chi connectivity index (χ0n) is 15.1. The molecule has 0 bridgehead atoms. The second-order valence-corrected chi connectivity index (χ2v) is 6.30. The number of nitrogens with one attached hydrogen (secondary N) is 1. The first-order valence-corrected chi connectivity index (χ1v) is 8.83. The minimum Gasteiger partial charge on any atom is -0.484 e. The normalized spacial score (nSPS) is 19.2. The van der Waals surface area contributed by atoms with Crippen LogP contribution in [0.3, 0.4) is 0 Å². The molecule has 1 amide bonds. The van der Waals surface area contributed by atoms with Crippen LogP contribution < -0.4 is 19.5 Å². The van der Waals surface area contributed by atoms with Gasteiger partial charge in [0.25, 0.3) is 5.91 Å². The molecule has 0 atom stereocenters. The molecule has 2 aromatic rings. The summed E-state index contributed by atoms with van der Waals surface area (Å²) in [5, 5.41) is 2.96. The Bertz CT molecular complexity index is 749. The summed E-state index contributed by atoms with van der Waals surface area (Å²) in [7, 11) is 1.53. The van der Waals surface area contributed by atoms with Gasteiger partial charge in [-0.15, -0.1) is 0 Å². The number of hydrogen-bond donors (Lipinski definition) is 1. The summed E-state index contributed by atoms with van der Waals surface area (Å²) in [6.45, 7) is -0.0958. The molecule has 3 rings (SSSR count). The van der Waals surface area contributed by atoms with Crippen molar-refractivity contribution in [2.45, 2.75) is 37.8 Å². The molecule has 1 saturated carbocycles. The van der Waals surface area contributed by atoms with Crippen molar-refractivity contribution in [3.05, 3.63) is 42.5 Å². The zero-order valence-corrected chi connectivity index (χ0v) is 15.1. The number of ether oxygens (including phenoxy) is 3. The van der Waals surface area contributed by atoms with Gasteiger partial charge in [0.05, 0.1) is 19.5 Å². The summed E-state index contributed by atoms with van der Waals surface area (Å²) < 4.78 is 29.1. The highest BCUT2D eigenvalue weighted by Gasteiger charge is 2.24. The fraction of sp³-hybridized carbons (Fsp3) is 0.421. The number of halogens is 1. The van der Waals surface area contributed by atoms with E-state index >= 15 is 0 Å². The second-order valence-electron chi connectivity index (χ2n) is 6.30. The van der Waals surface area contributed by atoms with Crippen molar-refractivity contribution in [2.75, 3.05) is 13.7 Å². The van der Waals surface area contributed by atoms with Crippen LogP contribution in [0.1, 0.15) is 25.7 Å². The molecule has 0 unspecified atom stereocenters. The largest absolute Gasteiger partial charge is 0.484 e. The Labute approximate surface area is 156 Å². The van der Waals surface area contributed by atoms with Gasteiger partial charge in [-0.1, -0.05) is 0 Å². The van der Waals surface area contributed by atoms with Gasteiger partial charge in [-0.25, -0.2) is 4.39 Å². The van der Waals surface area contributed by atoms with Crippen molar-refractivity contribution < 1.29 is 23.4 Å². The molecule has 0 aliphatic heterocycles. The molecule has 1 N–H and O–H groups in total. The quantitative estimate of drug-likeness (QED) is 0.801. The monoisotopic (exact) mass is 375 g/mol. The Balaban J connectivity index is 1.38. The van der Waals surface area contributed by atoms with Crippen LogP contribution in [-0.4, -0.2) is 41.7 Å². The Morgan fingerprint density at radius 3 is 2.56 bits per heavy atom. The van der Waals surface area contributed by atoms with Crippen LogP contribution in [-0.2, 0) is 4.79 Å². The van der Waals surface area contributed by atoms with Gasteiger partial charge >= 0.3 is 0 Å². The van der Waals surface area contributed by atoms with E-state index in [1.165, 1.54) is 37.6 Å². The molecule has 1 heterocycles. The molecule has 0 saturated heterocycles. The summed E-state index contributed by atoms with van der Waals surface area (Å²) in [5.74, 6) is 0.778. The molecule has 1 aromatic heterocycles. The van der Waals surface area contributed by atoms with Gasteiger partial charge in [-0.2, -0.15) is 4.98 Å². The van der Waals surface area contributed by atoms with Crippen LogP contribution in [0.15, 0.2) is 36.7 Å². The Morgan fingerprint density at radius 1 is 1.15 bits per heavy atom. The first kappa shape index (κ1) is 18.9. The third-order valence-electron chi connectivity index (χ3n) is 4.31. The molecule has 27 heavy (non-hydrogen) atoms. The number of aromatic nitrogens is 2. The Kier molecular flexibility index (Phi) is 6.40. The molecule has 7 nitrogen and oxygen atoms in total. The number of benzene rings is 1. The van der Waals surface area contributed by atoms with Gasteiger partial charge in [-0.05, 0) is 49.9 Å². The van der Waals surface area contributed by atoms with Gasteiger partial charge in [-0.3, -0.25) is 9.78 Å². The van der Waals surface area contributed by atoms with Gasteiger partial charge < -0.3 is 19.5 Å². The minimum atomic E-state index is -0.342. The standard InChI is InChI=1S/C19H22FN3O4/c1-25-18-10-21-11-19(23-18)27-16-8-4-14(5-9-16)22-17(24)12-26-15-6-2-13(20)3-7-15/h2-3,6-7,10-11,14,16H,4-5,8-9,12H2,1H3,(H,22,24). The number of nitrogens with zero attached hydrogens (tertiary/aromatic N) is 2. The number of carbonyl (C=O) groups excluding carboxylic acids is 1. The molecule has 1 fully saturated rings. The van der Waals surface area contributed by atoms with E-state index in [2.05, 4.69) is 15.3 Å². The van der Waals surface area contributed by atoms with Crippen molar-refractivity contribution in [2.24, 2.45) is 0 Å². The molecular weight excluding hydrogens is 353 g/mol. The predicted octanol–water partition coefficient (Wildman–Crippen LogP) is 2.51. The van der Waals surface area contributed by atoms with Crippen molar-refractivity contribution in [1.82, 2.24) is 15.3 Å². The lowest BCUT2D eigenvalue weighted by Crippen LogP contribution is -2.41. The van der Waals surface area contributed by atoms with E-state index in [9.17, 15) is 9.18 Å². The average molecular weight is 375 g/mol. The van der Waals surface area contributed by atoms with Gasteiger partial charge in [0.2, 0.25) is 11.8 Å². The highest BCUT2D eigenvalue weighted by Crippen LogP contribution is 2.23. The second kappa shape index (κ2) is 9.16. The minimum absolute atomic E-state index is 0.0371. The smallest absolute Gasteiger partial charge is 0.258 e. The average Bonchev–Trinajstić information content (AvgIpc) is 2.69. The lowest BCUT2D eigenvalue weighted by molar-refractivity contribution is -0.124. The van der Waals surface area contributed by atoms with E-state index in [0.29, 0.717) is 17.5 Å². The Hall–Kier alpha value is -2.90. The summed E-state index contributed by atoms with van der Waals surface area (Å²) >= 11 is 0. The summed E-state index contributed by atoms with van der Waals surface area (Å²) in [4.78, 5) is 20.2. The Morgan fingerprint density at radius 2 is 1.85 bits per heavy atom. The van der Waals surface area contributed by atoms with Crippen molar-refractivity contribution in [3.63, 3.8) is 0 Å².